The van der Waals surface area contributed by atoms with Crippen LogP contribution in [-0.2, 0) is 11.3 Å². The first-order valence-corrected chi connectivity index (χ1v) is 16.1. The lowest BCUT2D eigenvalue weighted by Crippen LogP contribution is -2.37. The van der Waals surface area contributed by atoms with Crippen molar-refractivity contribution < 1.29 is 9.66 Å². The number of aromatic nitrogens is 2. The summed E-state index contributed by atoms with van der Waals surface area (Å²) < 4.78 is 7.95. The molecule has 1 N–H and O–H groups in total. The summed E-state index contributed by atoms with van der Waals surface area (Å²) in [4.78, 5) is 22.0. The standard InChI is InChI=1S/C33H36N6O3S2/c1-23-22-29(24(2)37(23)17-5-16-36-18-20-42-21-19-36)32-31(30-6-3-4-15-34-30)35-33(43)38(32)25-7-11-27(12-8-25)44-28-13-9-26(10-14-28)39(40)41/h3-4,6-15,22,31-32H,5,16-21H2,1-2H3,(H,35,43)/t31-,32-/m0/s1. The van der Waals surface area contributed by atoms with Gasteiger partial charge in [0.25, 0.3) is 5.69 Å². The Labute approximate surface area is 267 Å². The fourth-order valence-corrected chi connectivity index (χ4v) is 7.31. The minimum absolute atomic E-state index is 0.0789. The third-order valence-electron chi connectivity index (χ3n) is 8.39. The second kappa shape index (κ2) is 13.5. The molecule has 0 spiro atoms. The van der Waals surface area contributed by atoms with Crippen molar-refractivity contribution >= 4 is 40.5 Å². The largest absolute Gasteiger partial charge is 0.379 e. The molecule has 4 heterocycles. The number of benzene rings is 2. The van der Waals surface area contributed by atoms with Crippen molar-refractivity contribution in [3.8, 4) is 0 Å². The maximum Gasteiger partial charge on any atom is 0.269 e. The SMILES string of the molecule is Cc1cc([C@H]2[C@H](c3ccccn3)NC(=S)N2c2ccc(Sc3ccc([N+](=O)[O-])cc3)cc2)c(C)n1CCCN1CCOCC1. The number of rotatable bonds is 10. The molecule has 2 aliphatic rings. The molecule has 0 aliphatic carbocycles. The number of hydrogen-bond donors (Lipinski definition) is 1. The van der Waals surface area contributed by atoms with Crippen molar-refractivity contribution in [1.29, 1.82) is 0 Å². The van der Waals surface area contributed by atoms with Gasteiger partial charge in [-0.25, -0.2) is 0 Å². The van der Waals surface area contributed by atoms with E-state index >= 15 is 0 Å². The number of nitrogens with zero attached hydrogens (tertiary/aromatic N) is 5. The van der Waals surface area contributed by atoms with E-state index in [0.29, 0.717) is 5.11 Å². The Bertz CT molecular complexity index is 1610. The van der Waals surface area contributed by atoms with Crippen LogP contribution in [0.5, 0.6) is 0 Å². The molecule has 2 aromatic heterocycles. The quantitative estimate of drug-likeness (QED) is 0.121. The maximum absolute atomic E-state index is 11.0. The van der Waals surface area contributed by atoms with Crippen LogP contribution in [-0.4, -0.2) is 57.3 Å². The average molecular weight is 629 g/mol. The number of hydrogen-bond acceptors (Lipinski definition) is 7. The van der Waals surface area contributed by atoms with Crippen LogP contribution >= 0.6 is 24.0 Å². The average Bonchev–Trinajstić information content (AvgIpc) is 3.53. The zero-order valence-corrected chi connectivity index (χ0v) is 26.5. The highest BCUT2D eigenvalue weighted by atomic mass is 32.2. The number of nitro groups is 1. The normalized spacial score (nSPS) is 18.9. The van der Waals surface area contributed by atoms with Gasteiger partial charge in [-0.3, -0.25) is 20.0 Å². The molecule has 9 nitrogen and oxygen atoms in total. The number of morpholine rings is 1. The highest BCUT2D eigenvalue weighted by molar-refractivity contribution is 7.99. The molecular formula is C33H36N6O3S2. The number of pyridine rings is 1. The Morgan fingerprint density at radius 1 is 1.02 bits per heavy atom. The topological polar surface area (TPSA) is 88.7 Å². The fraction of sp³-hybridized carbons (Fsp3) is 0.333. The van der Waals surface area contributed by atoms with Crippen molar-refractivity contribution in [1.82, 2.24) is 19.8 Å². The number of thiocarbonyl (C=S) groups is 1. The molecule has 2 aromatic carbocycles. The zero-order valence-electron chi connectivity index (χ0n) is 24.9. The molecule has 0 bridgehead atoms. The van der Waals surface area contributed by atoms with Gasteiger partial charge in [-0.1, -0.05) is 17.8 Å². The molecule has 2 atom stereocenters. The molecule has 0 saturated carbocycles. The van der Waals surface area contributed by atoms with Crippen molar-refractivity contribution in [2.45, 2.75) is 48.7 Å². The van der Waals surface area contributed by atoms with Crippen molar-refractivity contribution in [3.63, 3.8) is 0 Å². The van der Waals surface area contributed by atoms with Crippen molar-refractivity contribution in [2.75, 3.05) is 37.7 Å². The van der Waals surface area contributed by atoms with Crippen LogP contribution < -0.4 is 10.2 Å². The molecule has 0 unspecified atom stereocenters. The Morgan fingerprint density at radius 3 is 2.39 bits per heavy atom. The highest BCUT2D eigenvalue weighted by Crippen LogP contribution is 2.44. The van der Waals surface area contributed by atoms with Gasteiger partial charge >= 0.3 is 0 Å². The second-order valence-corrected chi connectivity index (χ2v) is 12.7. The number of anilines is 1. The van der Waals surface area contributed by atoms with E-state index in [1.807, 2.05) is 18.3 Å². The van der Waals surface area contributed by atoms with Gasteiger partial charge in [0.05, 0.1) is 35.9 Å². The summed E-state index contributed by atoms with van der Waals surface area (Å²) in [6.07, 6.45) is 2.91. The van der Waals surface area contributed by atoms with Gasteiger partial charge in [0.15, 0.2) is 5.11 Å². The summed E-state index contributed by atoms with van der Waals surface area (Å²) in [6, 6.07) is 23.1. The summed E-state index contributed by atoms with van der Waals surface area (Å²) in [5.74, 6) is 0. The minimum atomic E-state index is -0.381. The molecule has 6 rings (SSSR count). The fourth-order valence-electron chi connectivity index (χ4n) is 6.14. The summed E-state index contributed by atoms with van der Waals surface area (Å²) in [7, 11) is 0. The molecule has 4 aromatic rings. The molecule has 0 amide bonds. The van der Waals surface area contributed by atoms with Gasteiger partial charge < -0.3 is 19.5 Å². The van der Waals surface area contributed by atoms with E-state index in [1.165, 1.54) is 29.1 Å². The third-order valence-corrected chi connectivity index (χ3v) is 9.72. The van der Waals surface area contributed by atoms with Gasteiger partial charge in [-0.05, 0) is 92.6 Å². The predicted molar refractivity (Wildman–Crippen MR) is 177 cm³/mol. The van der Waals surface area contributed by atoms with Gasteiger partial charge in [0.1, 0.15) is 0 Å². The maximum atomic E-state index is 11.0. The summed E-state index contributed by atoms with van der Waals surface area (Å²) >= 11 is 7.54. The van der Waals surface area contributed by atoms with Crippen LogP contribution in [0.4, 0.5) is 11.4 Å². The van der Waals surface area contributed by atoms with Gasteiger partial charge in [-0.2, -0.15) is 0 Å². The van der Waals surface area contributed by atoms with Crippen molar-refractivity contribution in [2.24, 2.45) is 0 Å². The zero-order chi connectivity index (χ0) is 30.6. The predicted octanol–water partition coefficient (Wildman–Crippen LogP) is 6.46. The van der Waals surface area contributed by atoms with Gasteiger partial charge in [-0.15, -0.1) is 0 Å². The number of nitro benzene ring substituents is 1. The molecule has 2 fully saturated rings. The van der Waals surface area contributed by atoms with Crippen LogP contribution in [0.25, 0.3) is 0 Å². The van der Waals surface area contributed by atoms with Gasteiger partial charge in [0, 0.05) is 71.4 Å². The molecule has 0 radical (unpaired) electrons. The minimum Gasteiger partial charge on any atom is -0.379 e. The molecule has 2 saturated heterocycles. The molecular weight excluding hydrogens is 593 g/mol. The molecule has 11 heteroatoms. The second-order valence-electron chi connectivity index (χ2n) is 11.1. The Morgan fingerprint density at radius 2 is 1.73 bits per heavy atom. The van der Waals surface area contributed by atoms with Gasteiger partial charge in [0.2, 0.25) is 0 Å². The summed E-state index contributed by atoms with van der Waals surface area (Å²) in [5.41, 5.74) is 5.76. The van der Waals surface area contributed by atoms with Crippen molar-refractivity contribution in [3.05, 3.63) is 112 Å². The van der Waals surface area contributed by atoms with E-state index < -0.39 is 0 Å². The number of aryl methyl sites for hydroxylation is 1. The Hall–Kier alpha value is -3.77. The molecule has 44 heavy (non-hydrogen) atoms. The smallest absolute Gasteiger partial charge is 0.269 e. The van der Waals surface area contributed by atoms with Crippen LogP contribution in [0.3, 0.4) is 0 Å². The molecule has 228 valence electrons. The van der Waals surface area contributed by atoms with E-state index in [4.69, 9.17) is 21.9 Å². The van der Waals surface area contributed by atoms with E-state index in [0.717, 1.165) is 67.0 Å². The lowest BCUT2D eigenvalue weighted by molar-refractivity contribution is -0.384. The number of nitrogens with one attached hydrogen (secondary N) is 1. The first kappa shape index (κ1) is 30.3. The van der Waals surface area contributed by atoms with E-state index in [-0.39, 0.29) is 22.7 Å². The number of ether oxygens (including phenoxy) is 1. The van der Waals surface area contributed by atoms with E-state index in [1.54, 1.807) is 23.9 Å². The first-order valence-electron chi connectivity index (χ1n) is 14.9. The lowest BCUT2D eigenvalue weighted by Gasteiger charge is -2.28. The summed E-state index contributed by atoms with van der Waals surface area (Å²) in [6.45, 7) is 10.1. The lowest BCUT2D eigenvalue weighted by atomic mass is 9.96. The van der Waals surface area contributed by atoms with Crippen LogP contribution in [0.2, 0.25) is 0 Å². The van der Waals surface area contributed by atoms with Crippen LogP contribution in [0.1, 0.15) is 41.1 Å². The van der Waals surface area contributed by atoms with Crippen LogP contribution in [0, 0.1) is 24.0 Å². The summed E-state index contributed by atoms with van der Waals surface area (Å²) in [5, 5.41) is 15.3. The molecule has 2 aliphatic heterocycles. The number of non-ortho nitro benzene ring substituents is 1. The van der Waals surface area contributed by atoms with E-state index in [2.05, 4.69) is 69.9 Å². The highest BCUT2D eigenvalue weighted by Gasteiger charge is 2.42. The first-order chi connectivity index (χ1) is 21.4. The Balaban J connectivity index is 1.26. The monoisotopic (exact) mass is 628 g/mol. The van der Waals surface area contributed by atoms with E-state index in [9.17, 15) is 10.1 Å². The van der Waals surface area contributed by atoms with Crippen LogP contribution in [0.15, 0.2) is 88.8 Å². The third kappa shape index (κ3) is 6.51. The Kier molecular flexibility index (Phi) is 9.27.